The van der Waals surface area contributed by atoms with Gasteiger partial charge in [-0.1, -0.05) is 27.7 Å². The van der Waals surface area contributed by atoms with Crippen LogP contribution in [0.1, 0.15) is 27.7 Å². The quantitative estimate of drug-likeness (QED) is 0.555. The lowest BCUT2D eigenvalue weighted by molar-refractivity contribution is 0.654. The molecule has 1 heterocycles. The Morgan fingerprint density at radius 3 is 1.30 bits per heavy atom. The minimum absolute atomic E-state index is 1.50. The van der Waals surface area contributed by atoms with Gasteiger partial charge >= 0.3 is 0 Å². The highest BCUT2D eigenvalue weighted by Gasteiger charge is 1.70. The third kappa shape index (κ3) is 7.14. The van der Waals surface area contributed by atoms with Crippen LogP contribution in [0.25, 0.3) is 0 Å². The molecule has 60 valence electrons. The van der Waals surface area contributed by atoms with Gasteiger partial charge in [-0.25, -0.2) is 0 Å². The van der Waals surface area contributed by atoms with Crippen molar-refractivity contribution >= 4 is 0 Å². The summed E-state index contributed by atoms with van der Waals surface area (Å²) in [4.78, 5) is 1.50. The SMILES string of the molecule is CC.CC.Cn1nccn1. The molecule has 0 amide bonds. The van der Waals surface area contributed by atoms with Crippen LogP contribution in [0.3, 0.4) is 0 Å². The molecule has 3 heteroatoms. The van der Waals surface area contributed by atoms with Crippen molar-refractivity contribution in [1.82, 2.24) is 15.0 Å². The highest BCUT2D eigenvalue weighted by atomic mass is 15.4. The van der Waals surface area contributed by atoms with Gasteiger partial charge in [0, 0.05) is 7.05 Å². The molecule has 0 unspecified atom stereocenters. The normalized spacial score (nSPS) is 6.50. The number of hydrogen-bond donors (Lipinski definition) is 0. The molecule has 0 bridgehead atoms. The molecule has 0 aliphatic heterocycles. The van der Waals surface area contributed by atoms with Crippen LogP contribution in [0, 0.1) is 0 Å². The molecule has 3 nitrogen and oxygen atoms in total. The number of nitrogens with zero attached hydrogens (tertiary/aromatic N) is 3. The molecule has 0 saturated carbocycles. The van der Waals surface area contributed by atoms with Crippen molar-refractivity contribution in [1.29, 1.82) is 0 Å². The zero-order valence-electron chi connectivity index (χ0n) is 7.50. The molecule has 0 radical (unpaired) electrons. The summed E-state index contributed by atoms with van der Waals surface area (Å²) in [5, 5.41) is 7.44. The Morgan fingerprint density at radius 2 is 1.20 bits per heavy atom. The maximum Gasteiger partial charge on any atom is 0.0692 e. The van der Waals surface area contributed by atoms with Gasteiger partial charge < -0.3 is 0 Å². The standard InChI is InChI=1S/C3H5N3.2C2H6/c1-6-4-2-3-5-6;2*1-2/h2-3H,1H3;2*1-2H3. The first-order valence-electron chi connectivity index (χ1n) is 3.70. The Morgan fingerprint density at radius 1 is 0.900 bits per heavy atom. The van der Waals surface area contributed by atoms with Gasteiger partial charge in [-0.2, -0.15) is 15.0 Å². The van der Waals surface area contributed by atoms with Crippen LogP contribution in [0.15, 0.2) is 12.4 Å². The summed E-state index contributed by atoms with van der Waals surface area (Å²) >= 11 is 0. The summed E-state index contributed by atoms with van der Waals surface area (Å²) in [7, 11) is 1.78. The molecule has 0 aliphatic rings. The third-order valence-electron chi connectivity index (χ3n) is 0.534. The van der Waals surface area contributed by atoms with Crippen molar-refractivity contribution in [2.75, 3.05) is 0 Å². The molecule has 1 aromatic heterocycles. The first kappa shape index (κ1) is 11.9. The minimum Gasteiger partial charge on any atom is -0.188 e. The molecule has 0 aromatic carbocycles. The second kappa shape index (κ2) is 11.0. The molecule has 1 rings (SSSR count). The van der Waals surface area contributed by atoms with Gasteiger partial charge in [0.2, 0.25) is 0 Å². The van der Waals surface area contributed by atoms with Crippen LogP contribution in [0.5, 0.6) is 0 Å². The van der Waals surface area contributed by atoms with Crippen LogP contribution in [-0.4, -0.2) is 15.0 Å². The number of aryl methyl sites for hydroxylation is 1. The van der Waals surface area contributed by atoms with Crippen LogP contribution in [0.4, 0.5) is 0 Å². The van der Waals surface area contributed by atoms with Crippen molar-refractivity contribution in [2.45, 2.75) is 27.7 Å². The average Bonchev–Trinajstić information content (AvgIpc) is 2.48. The van der Waals surface area contributed by atoms with Gasteiger partial charge in [-0.05, 0) is 0 Å². The fourth-order valence-electron chi connectivity index (χ4n) is 0.282. The molecular weight excluding hydrogens is 126 g/mol. The lowest BCUT2D eigenvalue weighted by atomic mass is 11.0. The van der Waals surface area contributed by atoms with Crippen molar-refractivity contribution in [3.63, 3.8) is 0 Å². The number of aromatic nitrogens is 3. The minimum atomic E-state index is 1.50. The van der Waals surface area contributed by atoms with Crippen LogP contribution in [0.2, 0.25) is 0 Å². The van der Waals surface area contributed by atoms with Crippen molar-refractivity contribution in [3.05, 3.63) is 12.4 Å². The van der Waals surface area contributed by atoms with Gasteiger partial charge in [0.15, 0.2) is 0 Å². The largest absolute Gasteiger partial charge is 0.188 e. The molecule has 0 spiro atoms. The summed E-state index contributed by atoms with van der Waals surface area (Å²) in [6, 6.07) is 0. The summed E-state index contributed by atoms with van der Waals surface area (Å²) in [5.41, 5.74) is 0. The molecule has 0 fully saturated rings. The predicted molar refractivity (Wildman–Crippen MR) is 43.7 cm³/mol. The Kier molecular flexibility index (Phi) is 13.1. The number of hydrogen-bond acceptors (Lipinski definition) is 2. The Labute approximate surface area is 63.1 Å². The highest BCUT2D eigenvalue weighted by Crippen LogP contribution is 1.64. The zero-order valence-corrected chi connectivity index (χ0v) is 7.50. The fraction of sp³-hybridized carbons (Fsp3) is 0.714. The molecule has 1 aromatic rings. The predicted octanol–water partition coefficient (Wildman–Crippen LogP) is 1.87. The lowest BCUT2D eigenvalue weighted by Gasteiger charge is -1.75. The van der Waals surface area contributed by atoms with E-state index in [1.807, 2.05) is 27.7 Å². The van der Waals surface area contributed by atoms with E-state index in [9.17, 15) is 0 Å². The lowest BCUT2D eigenvalue weighted by Crippen LogP contribution is -1.89. The van der Waals surface area contributed by atoms with E-state index >= 15 is 0 Å². The topological polar surface area (TPSA) is 30.7 Å². The smallest absolute Gasteiger partial charge is 0.0692 e. The van der Waals surface area contributed by atoms with Gasteiger partial charge in [-0.15, -0.1) is 0 Å². The summed E-state index contributed by atoms with van der Waals surface area (Å²) in [5.74, 6) is 0. The van der Waals surface area contributed by atoms with E-state index in [1.165, 1.54) is 4.80 Å². The molecule has 0 saturated heterocycles. The summed E-state index contributed by atoms with van der Waals surface area (Å²) < 4.78 is 0. The third-order valence-corrected chi connectivity index (χ3v) is 0.534. The van der Waals surface area contributed by atoms with Crippen molar-refractivity contribution in [3.8, 4) is 0 Å². The van der Waals surface area contributed by atoms with E-state index in [0.717, 1.165) is 0 Å². The summed E-state index contributed by atoms with van der Waals surface area (Å²) in [6.45, 7) is 8.00. The molecular formula is C7H17N3. The second-order valence-corrected chi connectivity index (χ2v) is 1.02. The maximum atomic E-state index is 3.72. The molecule has 0 atom stereocenters. The molecule has 0 N–H and O–H groups in total. The maximum absolute atomic E-state index is 3.72. The van der Waals surface area contributed by atoms with Crippen LogP contribution < -0.4 is 0 Å². The van der Waals surface area contributed by atoms with E-state index in [2.05, 4.69) is 10.2 Å². The first-order chi connectivity index (χ1) is 4.89. The summed E-state index contributed by atoms with van der Waals surface area (Å²) in [6.07, 6.45) is 3.28. The molecule has 0 aliphatic carbocycles. The fourth-order valence-corrected chi connectivity index (χ4v) is 0.282. The van der Waals surface area contributed by atoms with E-state index in [4.69, 9.17) is 0 Å². The Balaban J connectivity index is 0. The second-order valence-electron chi connectivity index (χ2n) is 1.02. The van der Waals surface area contributed by atoms with E-state index in [-0.39, 0.29) is 0 Å². The van der Waals surface area contributed by atoms with E-state index < -0.39 is 0 Å². The Hall–Kier alpha value is -0.860. The highest BCUT2D eigenvalue weighted by molar-refractivity contribution is 4.57. The monoisotopic (exact) mass is 143 g/mol. The van der Waals surface area contributed by atoms with Gasteiger partial charge in [0.25, 0.3) is 0 Å². The first-order valence-corrected chi connectivity index (χ1v) is 3.70. The van der Waals surface area contributed by atoms with Gasteiger partial charge in [0.1, 0.15) is 0 Å². The van der Waals surface area contributed by atoms with Crippen molar-refractivity contribution < 1.29 is 0 Å². The Bertz CT molecular complexity index is 112. The van der Waals surface area contributed by atoms with Crippen LogP contribution >= 0.6 is 0 Å². The number of rotatable bonds is 0. The van der Waals surface area contributed by atoms with Gasteiger partial charge in [-0.3, -0.25) is 0 Å². The van der Waals surface area contributed by atoms with Crippen LogP contribution in [-0.2, 0) is 7.05 Å². The van der Waals surface area contributed by atoms with Gasteiger partial charge in [0.05, 0.1) is 12.4 Å². The van der Waals surface area contributed by atoms with E-state index in [1.54, 1.807) is 19.4 Å². The molecule has 10 heavy (non-hydrogen) atoms. The average molecular weight is 143 g/mol. The van der Waals surface area contributed by atoms with E-state index in [0.29, 0.717) is 0 Å². The zero-order chi connectivity index (χ0) is 8.41. The van der Waals surface area contributed by atoms with Crippen molar-refractivity contribution in [2.24, 2.45) is 7.05 Å².